The molecule has 1 spiro atoms. The van der Waals surface area contributed by atoms with Crippen LogP contribution >= 0.6 is 0 Å². The second-order valence-electron chi connectivity index (χ2n) is 8.72. The highest BCUT2D eigenvalue weighted by Crippen LogP contribution is 2.46. The third-order valence-corrected chi connectivity index (χ3v) is 7.69. The van der Waals surface area contributed by atoms with Crippen LogP contribution in [0.1, 0.15) is 31.2 Å². The fourth-order valence-electron chi connectivity index (χ4n) is 4.84. The highest BCUT2D eigenvalue weighted by atomic mass is 32.2. The summed E-state index contributed by atoms with van der Waals surface area (Å²) >= 11 is 0. The Morgan fingerprint density at radius 2 is 1.70 bits per heavy atom. The monoisotopic (exact) mass is 428 g/mol. The quantitative estimate of drug-likeness (QED) is 0.810. The van der Waals surface area contributed by atoms with Gasteiger partial charge in [0.05, 0.1) is 24.0 Å². The first kappa shape index (κ1) is 20.8. The van der Waals surface area contributed by atoms with Gasteiger partial charge in [0.25, 0.3) is 0 Å². The summed E-state index contributed by atoms with van der Waals surface area (Å²) in [5.41, 5.74) is 1.61. The number of carbonyl (C=O) groups is 1. The lowest BCUT2D eigenvalue weighted by molar-refractivity contribution is 0.0658. The predicted octanol–water partition coefficient (Wildman–Crippen LogP) is 2.78. The molecule has 0 unspecified atom stereocenters. The minimum atomic E-state index is -3.37. The third kappa shape index (κ3) is 3.58. The summed E-state index contributed by atoms with van der Waals surface area (Å²) < 4.78 is 23.3. The van der Waals surface area contributed by atoms with E-state index in [1.54, 1.807) is 11.0 Å². The standard InChI is InChI=1S/C22H28N4O3S/c1-25(2)22(17-7-5-4-6-8-17)13-11-21(12-14-22)16-26(20(27)24-21)18-9-10-19(23-15-18)30(3,28)29/h4-10,15H,11-14,16H2,1-3H3,(H,24,27)/t21-,22+. The van der Waals surface area contributed by atoms with Crippen LogP contribution in [0.5, 0.6) is 0 Å². The molecule has 0 atom stereocenters. The number of sulfone groups is 1. The minimum Gasteiger partial charge on any atom is -0.330 e. The number of urea groups is 1. The predicted molar refractivity (Wildman–Crippen MR) is 116 cm³/mol. The largest absolute Gasteiger partial charge is 0.330 e. The van der Waals surface area contributed by atoms with Gasteiger partial charge in [0.15, 0.2) is 14.9 Å². The van der Waals surface area contributed by atoms with E-state index in [-0.39, 0.29) is 22.1 Å². The Kier molecular flexibility index (Phi) is 5.10. The molecule has 2 heterocycles. The van der Waals surface area contributed by atoms with Crippen molar-refractivity contribution in [3.8, 4) is 0 Å². The van der Waals surface area contributed by atoms with Crippen molar-refractivity contribution < 1.29 is 13.2 Å². The lowest BCUT2D eigenvalue weighted by atomic mass is 9.69. The molecule has 1 N–H and O–H groups in total. The van der Waals surface area contributed by atoms with Crippen molar-refractivity contribution in [2.45, 2.75) is 41.8 Å². The van der Waals surface area contributed by atoms with Gasteiger partial charge in [0, 0.05) is 11.8 Å². The van der Waals surface area contributed by atoms with Crippen molar-refractivity contribution in [2.24, 2.45) is 0 Å². The number of rotatable bonds is 4. The highest BCUT2D eigenvalue weighted by Gasteiger charge is 2.50. The van der Waals surface area contributed by atoms with Crippen LogP contribution in [0.4, 0.5) is 10.5 Å². The van der Waals surface area contributed by atoms with Crippen LogP contribution in [0.15, 0.2) is 53.7 Å². The van der Waals surface area contributed by atoms with Crippen LogP contribution in [-0.2, 0) is 15.4 Å². The molecule has 30 heavy (non-hydrogen) atoms. The number of hydrogen-bond acceptors (Lipinski definition) is 5. The van der Waals surface area contributed by atoms with E-state index >= 15 is 0 Å². The molecule has 2 fully saturated rings. The lowest BCUT2D eigenvalue weighted by Gasteiger charge is -2.48. The van der Waals surface area contributed by atoms with E-state index in [1.165, 1.54) is 17.8 Å². The van der Waals surface area contributed by atoms with Crippen molar-refractivity contribution >= 4 is 21.6 Å². The molecule has 4 rings (SSSR count). The summed E-state index contributed by atoms with van der Waals surface area (Å²) in [6, 6.07) is 13.5. The molecular weight excluding hydrogens is 400 g/mol. The molecule has 2 aromatic rings. The summed E-state index contributed by atoms with van der Waals surface area (Å²) in [5, 5.41) is 3.22. The highest BCUT2D eigenvalue weighted by molar-refractivity contribution is 7.90. The Bertz CT molecular complexity index is 1030. The van der Waals surface area contributed by atoms with Crippen LogP contribution < -0.4 is 10.2 Å². The Labute approximate surface area is 178 Å². The maximum absolute atomic E-state index is 12.8. The van der Waals surface area contributed by atoms with Crippen LogP contribution in [0, 0.1) is 0 Å². The van der Waals surface area contributed by atoms with E-state index in [1.807, 2.05) is 6.07 Å². The van der Waals surface area contributed by atoms with Crippen LogP contribution in [0.3, 0.4) is 0 Å². The van der Waals surface area contributed by atoms with Crippen molar-refractivity contribution in [3.63, 3.8) is 0 Å². The first-order valence-electron chi connectivity index (χ1n) is 10.1. The average molecular weight is 429 g/mol. The van der Waals surface area contributed by atoms with E-state index < -0.39 is 9.84 Å². The first-order chi connectivity index (χ1) is 14.2. The molecule has 7 nitrogen and oxygen atoms in total. The van der Waals surface area contributed by atoms with Crippen LogP contribution in [-0.4, -0.2) is 56.8 Å². The molecule has 1 aliphatic heterocycles. The molecule has 1 saturated heterocycles. The molecule has 0 radical (unpaired) electrons. The fourth-order valence-corrected chi connectivity index (χ4v) is 5.40. The average Bonchev–Trinajstić information content (AvgIpc) is 3.04. The molecule has 1 aliphatic carbocycles. The zero-order valence-electron chi connectivity index (χ0n) is 17.6. The van der Waals surface area contributed by atoms with Gasteiger partial charge in [-0.25, -0.2) is 18.2 Å². The van der Waals surface area contributed by atoms with E-state index in [2.05, 4.69) is 53.6 Å². The molecule has 2 aliphatic rings. The summed E-state index contributed by atoms with van der Waals surface area (Å²) in [5.74, 6) is 0. The maximum atomic E-state index is 12.8. The van der Waals surface area contributed by atoms with Gasteiger partial charge in [-0.2, -0.15) is 0 Å². The normalized spacial score (nSPS) is 26.9. The van der Waals surface area contributed by atoms with Crippen LogP contribution in [0.25, 0.3) is 0 Å². The fraction of sp³-hybridized carbons (Fsp3) is 0.455. The summed E-state index contributed by atoms with van der Waals surface area (Å²) in [6.07, 6.45) is 6.23. The van der Waals surface area contributed by atoms with Crippen LogP contribution in [0.2, 0.25) is 0 Å². The zero-order valence-corrected chi connectivity index (χ0v) is 18.4. The number of pyridine rings is 1. The molecule has 2 amide bonds. The molecule has 1 aromatic heterocycles. The molecule has 1 saturated carbocycles. The number of aromatic nitrogens is 1. The van der Waals surface area contributed by atoms with Crippen molar-refractivity contribution in [2.75, 3.05) is 31.8 Å². The molecular formula is C22H28N4O3S. The number of nitrogens with zero attached hydrogens (tertiary/aromatic N) is 3. The van der Waals surface area contributed by atoms with Crippen molar-refractivity contribution in [1.29, 1.82) is 0 Å². The summed E-state index contributed by atoms with van der Waals surface area (Å²) in [7, 11) is 0.883. The van der Waals surface area contributed by atoms with Gasteiger partial charge >= 0.3 is 6.03 Å². The molecule has 1 aromatic carbocycles. The van der Waals surface area contributed by atoms with E-state index in [0.29, 0.717) is 12.2 Å². The second-order valence-corrected chi connectivity index (χ2v) is 10.7. The van der Waals surface area contributed by atoms with Gasteiger partial charge in [-0.15, -0.1) is 0 Å². The second kappa shape index (κ2) is 7.35. The Morgan fingerprint density at radius 1 is 1.03 bits per heavy atom. The van der Waals surface area contributed by atoms with Gasteiger partial charge < -0.3 is 5.32 Å². The van der Waals surface area contributed by atoms with Gasteiger partial charge in [-0.3, -0.25) is 9.80 Å². The lowest BCUT2D eigenvalue weighted by Crippen LogP contribution is -2.54. The number of nitrogens with one attached hydrogen (secondary N) is 1. The van der Waals surface area contributed by atoms with Crippen molar-refractivity contribution in [1.82, 2.24) is 15.2 Å². The van der Waals surface area contributed by atoms with Gasteiger partial charge in [0.1, 0.15) is 0 Å². The molecule has 8 heteroatoms. The maximum Gasteiger partial charge on any atom is 0.322 e. The van der Waals surface area contributed by atoms with Gasteiger partial charge in [-0.1, -0.05) is 30.3 Å². The minimum absolute atomic E-state index is 0.0110. The SMILES string of the molecule is CN(C)[C@]1(c2ccccc2)CC[C@]2(CC1)CN(c1ccc(S(C)(=O)=O)nc1)C(=O)N2. The van der Waals surface area contributed by atoms with E-state index in [9.17, 15) is 13.2 Å². The Morgan fingerprint density at radius 3 is 2.23 bits per heavy atom. The number of carbonyl (C=O) groups excluding carboxylic acids is 1. The Hall–Kier alpha value is -2.45. The molecule has 0 bridgehead atoms. The zero-order chi connectivity index (χ0) is 21.6. The van der Waals surface area contributed by atoms with E-state index in [4.69, 9.17) is 0 Å². The summed E-state index contributed by atoms with van der Waals surface area (Å²) in [6.45, 7) is 0.560. The molecule has 160 valence electrons. The topological polar surface area (TPSA) is 82.6 Å². The number of hydrogen-bond donors (Lipinski definition) is 1. The third-order valence-electron chi connectivity index (χ3n) is 6.69. The first-order valence-corrected chi connectivity index (χ1v) is 12.0. The number of benzene rings is 1. The Balaban J connectivity index is 1.53. The van der Waals surface area contributed by atoms with Crippen molar-refractivity contribution in [3.05, 3.63) is 54.2 Å². The number of anilines is 1. The number of amides is 2. The van der Waals surface area contributed by atoms with Gasteiger partial charge in [-0.05, 0) is 57.5 Å². The smallest absolute Gasteiger partial charge is 0.322 e. The van der Waals surface area contributed by atoms with E-state index in [0.717, 1.165) is 31.9 Å². The van der Waals surface area contributed by atoms with Gasteiger partial charge in [0.2, 0.25) is 0 Å². The summed E-state index contributed by atoms with van der Waals surface area (Å²) in [4.78, 5) is 20.8.